The summed E-state index contributed by atoms with van der Waals surface area (Å²) in [6.45, 7) is 0.891. The lowest BCUT2D eigenvalue weighted by molar-refractivity contribution is -0.193. The highest BCUT2D eigenvalue weighted by Crippen LogP contribution is 2.31. The molecule has 2 N–H and O–H groups in total. The number of rotatable bonds is 5. The van der Waals surface area contributed by atoms with Crippen LogP contribution in [0.3, 0.4) is 0 Å². The predicted molar refractivity (Wildman–Crippen MR) is 88.5 cm³/mol. The summed E-state index contributed by atoms with van der Waals surface area (Å²) in [7, 11) is 0. The van der Waals surface area contributed by atoms with Crippen LogP contribution in [0, 0.1) is 5.82 Å². The Labute approximate surface area is 145 Å². The van der Waals surface area contributed by atoms with Gasteiger partial charge in [-0.1, -0.05) is 30.3 Å². The van der Waals surface area contributed by atoms with Crippen LogP contribution in [0.15, 0.2) is 54.6 Å². The van der Waals surface area contributed by atoms with E-state index in [0.29, 0.717) is 18.9 Å². The van der Waals surface area contributed by atoms with E-state index in [4.69, 9.17) is 14.2 Å². The first-order chi connectivity index (χ1) is 12.2. The van der Waals surface area contributed by atoms with Gasteiger partial charge in [-0.3, -0.25) is 0 Å². The second-order valence-electron chi connectivity index (χ2n) is 6.30. The van der Waals surface area contributed by atoms with E-state index >= 15 is 0 Å². The van der Waals surface area contributed by atoms with Gasteiger partial charge < -0.3 is 24.6 Å². The summed E-state index contributed by atoms with van der Waals surface area (Å²) < 4.78 is 30.4. The number of hydrogen-bond donors (Lipinski definition) is 2. The predicted octanol–water partition coefficient (Wildman–Crippen LogP) is 1.85. The summed E-state index contributed by atoms with van der Waals surface area (Å²) in [4.78, 5) is 0. The molecule has 2 fully saturated rings. The Balaban J connectivity index is 1.45. The Morgan fingerprint density at radius 1 is 1.12 bits per heavy atom. The largest absolute Gasteiger partial charge is 0.482 e. The number of para-hydroxylation sites is 1. The van der Waals surface area contributed by atoms with Crippen molar-refractivity contribution in [2.24, 2.45) is 0 Å². The summed E-state index contributed by atoms with van der Waals surface area (Å²) >= 11 is 0. The monoisotopic (exact) mass is 345 g/mol. The molecule has 5 unspecified atom stereocenters. The van der Waals surface area contributed by atoms with Crippen molar-refractivity contribution >= 4 is 0 Å². The molecule has 2 aliphatic heterocycles. The van der Waals surface area contributed by atoms with E-state index in [0.717, 1.165) is 5.56 Å². The van der Waals surface area contributed by atoms with Crippen LogP contribution in [-0.2, 0) is 16.0 Å². The van der Waals surface area contributed by atoms with Gasteiger partial charge in [-0.25, -0.2) is 4.39 Å². The SMILES string of the molecule is OC1C(NCc2ccc(F)cc2)C2COC(O2)C1Oc1ccccc1. The fourth-order valence-electron chi connectivity index (χ4n) is 3.26. The number of benzene rings is 2. The molecule has 2 aliphatic rings. The topological polar surface area (TPSA) is 60.0 Å². The minimum Gasteiger partial charge on any atom is -0.482 e. The van der Waals surface area contributed by atoms with E-state index in [-0.39, 0.29) is 18.0 Å². The summed E-state index contributed by atoms with van der Waals surface area (Å²) in [6.07, 6.45) is -2.22. The molecule has 2 aromatic carbocycles. The van der Waals surface area contributed by atoms with Gasteiger partial charge in [-0.15, -0.1) is 0 Å². The quantitative estimate of drug-likeness (QED) is 0.866. The fraction of sp³-hybridized carbons (Fsp3) is 0.368. The first kappa shape index (κ1) is 16.5. The van der Waals surface area contributed by atoms with Crippen molar-refractivity contribution in [1.82, 2.24) is 5.32 Å². The van der Waals surface area contributed by atoms with Crippen LogP contribution in [-0.4, -0.2) is 42.4 Å². The van der Waals surface area contributed by atoms with Crippen LogP contribution >= 0.6 is 0 Å². The Kier molecular flexibility index (Phi) is 4.67. The molecule has 5 nitrogen and oxygen atoms in total. The average molecular weight is 345 g/mol. The lowest BCUT2D eigenvalue weighted by atomic mass is 9.97. The molecule has 2 aromatic rings. The number of ether oxygens (including phenoxy) is 3. The van der Waals surface area contributed by atoms with Gasteiger partial charge in [0.25, 0.3) is 0 Å². The van der Waals surface area contributed by atoms with Crippen LogP contribution in [0.4, 0.5) is 4.39 Å². The number of halogens is 1. The average Bonchev–Trinajstić information content (AvgIpc) is 3.07. The Hall–Kier alpha value is -1.99. The van der Waals surface area contributed by atoms with Crippen LogP contribution in [0.1, 0.15) is 5.56 Å². The van der Waals surface area contributed by atoms with Gasteiger partial charge in [0.05, 0.1) is 12.6 Å². The molecule has 5 atom stereocenters. The van der Waals surface area contributed by atoms with E-state index in [1.54, 1.807) is 12.1 Å². The zero-order valence-corrected chi connectivity index (χ0v) is 13.5. The Morgan fingerprint density at radius 2 is 1.88 bits per heavy atom. The normalized spacial score (nSPS) is 31.0. The first-order valence-corrected chi connectivity index (χ1v) is 8.35. The zero-order valence-electron chi connectivity index (χ0n) is 13.5. The molecule has 0 aliphatic carbocycles. The van der Waals surface area contributed by atoms with Crippen molar-refractivity contribution in [2.45, 2.75) is 37.2 Å². The molecule has 132 valence electrons. The number of aliphatic hydroxyl groups excluding tert-OH is 1. The standard InChI is InChI=1S/C19H20FNO4/c20-13-8-6-12(7-9-13)10-21-16-15-11-23-19(25-15)18(17(16)22)24-14-4-2-1-3-5-14/h1-9,15-19,21-22H,10-11H2. The molecule has 6 heteroatoms. The van der Waals surface area contributed by atoms with Crippen molar-refractivity contribution < 1.29 is 23.7 Å². The van der Waals surface area contributed by atoms with Crippen LogP contribution in [0.5, 0.6) is 5.75 Å². The number of hydrogen-bond acceptors (Lipinski definition) is 5. The lowest BCUT2D eigenvalue weighted by Crippen LogP contribution is -2.61. The zero-order chi connectivity index (χ0) is 17.2. The van der Waals surface area contributed by atoms with Crippen molar-refractivity contribution in [3.8, 4) is 5.75 Å². The minimum atomic E-state index is -0.785. The molecule has 2 saturated heterocycles. The highest BCUT2D eigenvalue weighted by molar-refractivity contribution is 5.22. The molecule has 2 bridgehead atoms. The maximum absolute atomic E-state index is 13.0. The molecular weight excluding hydrogens is 325 g/mol. The molecular formula is C19H20FNO4. The Bertz CT molecular complexity index is 696. The maximum Gasteiger partial charge on any atom is 0.197 e. The first-order valence-electron chi connectivity index (χ1n) is 8.35. The van der Waals surface area contributed by atoms with Crippen LogP contribution in [0.25, 0.3) is 0 Å². The third kappa shape index (κ3) is 3.52. The summed E-state index contributed by atoms with van der Waals surface area (Å²) in [5, 5.41) is 14.1. The smallest absolute Gasteiger partial charge is 0.197 e. The van der Waals surface area contributed by atoms with Crippen molar-refractivity contribution in [1.29, 1.82) is 0 Å². The third-order valence-electron chi connectivity index (χ3n) is 4.58. The Morgan fingerprint density at radius 3 is 2.64 bits per heavy atom. The van der Waals surface area contributed by atoms with Crippen molar-refractivity contribution in [3.63, 3.8) is 0 Å². The van der Waals surface area contributed by atoms with Crippen LogP contribution < -0.4 is 10.1 Å². The molecule has 0 spiro atoms. The van der Waals surface area contributed by atoms with E-state index in [1.807, 2.05) is 30.3 Å². The third-order valence-corrected chi connectivity index (χ3v) is 4.58. The summed E-state index contributed by atoms with van der Waals surface area (Å²) in [6, 6.07) is 15.2. The van der Waals surface area contributed by atoms with E-state index in [9.17, 15) is 9.50 Å². The summed E-state index contributed by atoms with van der Waals surface area (Å²) in [5.41, 5.74) is 0.926. The van der Waals surface area contributed by atoms with E-state index in [2.05, 4.69) is 5.32 Å². The van der Waals surface area contributed by atoms with Crippen molar-refractivity contribution in [2.75, 3.05) is 6.61 Å². The fourth-order valence-corrected chi connectivity index (χ4v) is 3.26. The second kappa shape index (κ2) is 7.09. The molecule has 0 radical (unpaired) electrons. The molecule has 4 rings (SSSR count). The van der Waals surface area contributed by atoms with Gasteiger partial charge in [0.2, 0.25) is 0 Å². The second-order valence-corrected chi connectivity index (χ2v) is 6.30. The number of fused-ring (bicyclic) bond motifs is 2. The lowest BCUT2D eigenvalue weighted by Gasteiger charge is -2.38. The van der Waals surface area contributed by atoms with Crippen molar-refractivity contribution in [3.05, 3.63) is 66.0 Å². The van der Waals surface area contributed by atoms with Gasteiger partial charge in [0.15, 0.2) is 12.4 Å². The van der Waals surface area contributed by atoms with Gasteiger partial charge in [-0.05, 0) is 29.8 Å². The number of aliphatic hydroxyl groups is 1. The maximum atomic E-state index is 13.0. The highest BCUT2D eigenvalue weighted by Gasteiger charge is 2.51. The van der Waals surface area contributed by atoms with Crippen LogP contribution in [0.2, 0.25) is 0 Å². The summed E-state index contributed by atoms with van der Waals surface area (Å²) in [5.74, 6) is 0.384. The molecule has 2 heterocycles. The molecule has 0 aromatic heterocycles. The molecule has 0 saturated carbocycles. The highest BCUT2D eigenvalue weighted by atomic mass is 19.1. The molecule has 0 amide bonds. The molecule has 25 heavy (non-hydrogen) atoms. The van der Waals surface area contributed by atoms with Gasteiger partial charge in [0.1, 0.15) is 23.8 Å². The van der Waals surface area contributed by atoms with Gasteiger partial charge in [-0.2, -0.15) is 0 Å². The van der Waals surface area contributed by atoms with E-state index < -0.39 is 18.5 Å². The minimum absolute atomic E-state index is 0.240. The van der Waals surface area contributed by atoms with Gasteiger partial charge >= 0.3 is 0 Å². The van der Waals surface area contributed by atoms with E-state index in [1.165, 1.54) is 12.1 Å². The van der Waals surface area contributed by atoms with Gasteiger partial charge in [0, 0.05) is 6.54 Å². The number of nitrogens with one attached hydrogen (secondary N) is 1.